The highest BCUT2D eigenvalue weighted by Gasteiger charge is 2.14. The van der Waals surface area contributed by atoms with E-state index in [9.17, 15) is 5.11 Å². The molecule has 1 saturated carbocycles. The van der Waals surface area contributed by atoms with Crippen LogP contribution in [0.4, 0.5) is 0 Å². The molecule has 0 bridgehead atoms. The molecule has 0 radical (unpaired) electrons. The number of benzene rings is 1. The third-order valence-electron chi connectivity index (χ3n) is 3.75. The summed E-state index contributed by atoms with van der Waals surface area (Å²) in [6.07, 6.45) is 5.94. The summed E-state index contributed by atoms with van der Waals surface area (Å²) in [5.74, 6) is 1.55. The summed E-state index contributed by atoms with van der Waals surface area (Å²) >= 11 is 0. The summed E-state index contributed by atoms with van der Waals surface area (Å²) in [5.41, 5.74) is 0. The van der Waals surface area contributed by atoms with Crippen molar-refractivity contribution >= 4 is 0 Å². The van der Waals surface area contributed by atoms with Crippen molar-refractivity contribution in [3.8, 4) is 11.5 Å². The summed E-state index contributed by atoms with van der Waals surface area (Å²) in [7, 11) is 1.64. The van der Waals surface area contributed by atoms with E-state index >= 15 is 0 Å². The molecule has 1 unspecified atom stereocenters. The second kappa shape index (κ2) is 8.12. The summed E-state index contributed by atoms with van der Waals surface area (Å²) < 4.78 is 10.6. The maximum Gasteiger partial charge on any atom is 0.119 e. The van der Waals surface area contributed by atoms with Crippen LogP contribution in [0.3, 0.4) is 0 Å². The fourth-order valence-electron chi connectivity index (χ4n) is 2.53. The Kier molecular flexibility index (Phi) is 6.15. The molecule has 2 N–H and O–H groups in total. The van der Waals surface area contributed by atoms with Crippen molar-refractivity contribution in [3.63, 3.8) is 0 Å². The van der Waals surface area contributed by atoms with Gasteiger partial charge in [-0.25, -0.2) is 0 Å². The number of rotatable bonds is 7. The van der Waals surface area contributed by atoms with Gasteiger partial charge in [-0.2, -0.15) is 0 Å². The summed E-state index contributed by atoms with van der Waals surface area (Å²) in [5, 5.41) is 13.4. The predicted octanol–water partition coefficient (Wildman–Crippen LogP) is 2.36. The molecule has 2 rings (SSSR count). The lowest BCUT2D eigenvalue weighted by Crippen LogP contribution is -2.38. The summed E-state index contributed by atoms with van der Waals surface area (Å²) in [4.78, 5) is 0. The Bertz CT molecular complexity index is 374. The van der Waals surface area contributed by atoms with Gasteiger partial charge in [-0.1, -0.05) is 19.3 Å². The Labute approximate surface area is 121 Å². The van der Waals surface area contributed by atoms with E-state index in [4.69, 9.17) is 9.47 Å². The van der Waals surface area contributed by atoms with Crippen LogP contribution in [0.5, 0.6) is 11.5 Å². The van der Waals surface area contributed by atoms with Gasteiger partial charge < -0.3 is 19.9 Å². The van der Waals surface area contributed by atoms with E-state index in [1.807, 2.05) is 24.3 Å². The minimum atomic E-state index is -0.473. The fourth-order valence-corrected chi connectivity index (χ4v) is 2.53. The van der Waals surface area contributed by atoms with Crippen LogP contribution in [0.1, 0.15) is 32.1 Å². The molecule has 4 nitrogen and oxygen atoms in total. The lowest BCUT2D eigenvalue weighted by Gasteiger charge is -2.24. The second-order valence-electron chi connectivity index (χ2n) is 5.38. The van der Waals surface area contributed by atoms with Crippen molar-refractivity contribution in [2.75, 3.05) is 20.3 Å². The van der Waals surface area contributed by atoms with Gasteiger partial charge in [0, 0.05) is 12.6 Å². The van der Waals surface area contributed by atoms with Crippen LogP contribution in [-0.2, 0) is 0 Å². The van der Waals surface area contributed by atoms with Crippen LogP contribution >= 0.6 is 0 Å². The van der Waals surface area contributed by atoms with E-state index in [1.165, 1.54) is 32.1 Å². The molecule has 20 heavy (non-hydrogen) atoms. The van der Waals surface area contributed by atoms with E-state index < -0.39 is 6.10 Å². The summed E-state index contributed by atoms with van der Waals surface area (Å²) in [6, 6.07) is 7.96. The number of nitrogens with one attached hydrogen (secondary N) is 1. The van der Waals surface area contributed by atoms with Crippen molar-refractivity contribution in [2.24, 2.45) is 0 Å². The highest BCUT2D eigenvalue weighted by atomic mass is 16.5. The highest BCUT2D eigenvalue weighted by molar-refractivity contribution is 5.31. The molecule has 1 aliphatic rings. The van der Waals surface area contributed by atoms with Crippen molar-refractivity contribution in [2.45, 2.75) is 44.2 Å². The average molecular weight is 279 g/mol. The molecule has 1 aliphatic carbocycles. The summed E-state index contributed by atoms with van der Waals surface area (Å²) in [6.45, 7) is 0.910. The third-order valence-corrected chi connectivity index (χ3v) is 3.75. The monoisotopic (exact) mass is 279 g/mol. The first-order valence-corrected chi connectivity index (χ1v) is 7.46. The Hall–Kier alpha value is -1.26. The number of methoxy groups -OCH3 is 1. The second-order valence-corrected chi connectivity index (χ2v) is 5.38. The Morgan fingerprint density at radius 1 is 1.15 bits per heavy atom. The third kappa shape index (κ3) is 5.02. The molecular formula is C16H25NO3. The molecule has 1 aromatic rings. The standard InChI is InChI=1S/C16H25NO3/c1-19-15-7-9-16(10-8-15)20-12-14(18)11-17-13-5-3-2-4-6-13/h7-10,13-14,17-18H,2-6,11-12H2,1H3. The first-order chi connectivity index (χ1) is 9.78. The minimum absolute atomic E-state index is 0.312. The molecule has 0 aromatic heterocycles. The molecule has 1 atom stereocenters. The number of hydrogen-bond donors (Lipinski definition) is 2. The quantitative estimate of drug-likeness (QED) is 0.804. The fraction of sp³-hybridized carbons (Fsp3) is 0.625. The molecule has 0 aliphatic heterocycles. The van der Waals surface area contributed by atoms with Crippen LogP contribution in [0, 0.1) is 0 Å². The van der Waals surface area contributed by atoms with Crippen molar-refractivity contribution in [3.05, 3.63) is 24.3 Å². The van der Waals surface area contributed by atoms with Gasteiger partial charge in [0.2, 0.25) is 0 Å². The molecule has 0 amide bonds. The maximum absolute atomic E-state index is 9.93. The number of ether oxygens (including phenoxy) is 2. The lowest BCUT2D eigenvalue weighted by molar-refractivity contribution is 0.102. The Balaban J connectivity index is 1.64. The molecule has 1 fully saturated rings. The Morgan fingerprint density at radius 3 is 2.45 bits per heavy atom. The number of hydrogen-bond acceptors (Lipinski definition) is 4. The maximum atomic E-state index is 9.93. The predicted molar refractivity (Wildman–Crippen MR) is 79.4 cm³/mol. The van der Waals surface area contributed by atoms with Gasteiger partial charge in [0.1, 0.15) is 24.2 Å². The van der Waals surface area contributed by atoms with Gasteiger partial charge in [-0.3, -0.25) is 0 Å². The molecule has 112 valence electrons. The van der Waals surface area contributed by atoms with E-state index in [0.29, 0.717) is 19.2 Å². The van der Waals surface area contributed by atoms with E-state index in [2.05, 4.69) is 5.32 Å². The first-order valence-electron chi connectivity index (χ1n) is 7.46. The number of aliphatic hydroxyl groups is 1. The van der Waals surface area contributed by atoms with Gasteiger partial charge in [0.15, 0.2) is 0 Å². The zero-order chi connectivity index (χ0) is 14.2. The van der Waals surface area contributed by atoms with Gasteiger partial charge >= 0.3 is 0 Å². The molecule has 0 saturated heterocycles. The first kappa shape index (κ1) is 15.1. The minimum Gasteiger partial charge on any atom is -0.497 e. The van der Waals surface area contributed by atoms with Gasteiger partial charge in [-0.15, -0.1) is 0 Å². The molecule has 0 spiro atoms. The van der Waals surface area contributed by atoms with Gasteiger partial charge in [0.25, 0.3) is 0 Å². The van der Waals surface area contributed by atoms with Gasteiger partial charge in [0.05, 0.1) is 7.11 Å². The SMILES string of the molecule is COc1ccc(OCC(O)CNC2CCCCC2)cc1. The van der Waals surface area contributed by atoms with Crippen LogP contribution < -0.4 is 14.8 Å². The molecule has 0 heterocycles. The van der Waals surface area contributed by atoms with Crippen molar-refractivity contribution in [1.82, 2.24) is 5.32 Å². The van der Waals surface area contributed by atoms with Crippen LogP contribution in [0.25, 0.3) is 0 Å². The smallest absolute Gasteiger partial charge is 0.119 e. The topological polar surface area (TPSA) is 50.7 Å². The van der Waals surface area contributed by atoms with Crippen LogP contribution in [0.15, 0.2) is 24.3 Å². The Morgan fingerprint density at radius 2 is 1.80 bits per heavy atom. The average Bonchev–Trinajstić information content (AvgIpc) is 2.52. The molecule has 1 aromatic carbocycles. The normalized spacial score (nSPS) is 17.7. The molecular weight excluding hydrogens is 254 g/mol. The zero-order valence-corrected chi connectivity index (χ0v) is 12.2. The van der Waals surface area contributed by atoms with Crippen molar-refractivity contribution < 1.29 is 14.6 Å². The lowest BCUT2D eigenvalue weighted by atomic mass is 9.95. The van der Waals surface area contributed by atoms with Crippen LogP contribution in [0.2, 0.25) is 0 Å². The largest absolute Gasteiger partial charge is 0.497 e. The van der Waals surface area contributed by atoms with E-state index in [-0.39, 0.29) is 0 Å². The zero-order valence-electron chi connectivity index (χ0n) is 12.2. The van der Waals surface area contributed by atoms with Gasteiger partial charge in [-0.05, 0) is 37.1 Å². The highest BCUT2D eigenvalue weighted by Crippen LogP contribution is 2.18. The number of aliphatic hydroxyl groups excluding tert-OH is 1. The van der Waals surface area contributed by atoms with E-state index in [0.717, 1.165) is 11.5 Å². The van der Waals surface area contributed by atoms with E-state index in [1.54, 1.807) is 7.11 Å². The molecule has 4 heteroatoms. The van der Waals surface area contributed by atoms with Crippen molar-refractivity contribution in [1.29, 1.82) is 0 Å². The van der Waals surface area contributed by atoms with Crippen LogP contribution in [-0.4, -0.2) is 37.5 Å².